The average molecular weight is 384 g/mol. The zero-order valence-corrected chi connectivity index (χ0v) is 16.6. The van der Waals surface area contributed by atoms with Crippen LogP contribution in [0.5, 0.6) is 0 Å². The number of hydrogen-bond donors (Lipinski definition) is 1. The SMILES string of the molecule is CCCCC[C@@H](C)NC(=O)Cn1cnc2scc(-c3ccccc3)c2c1=O. The fourth-order valence-corrected chi connectivity index (χ4v) is 4.06. The normalized spacial score (nSPS) is 12.2. The maximum absolute atomic E-state index is 13.0. The summed E-state index contributed by atoms with van der Waals surface area (Å²) in [5, 5.41) is 5.51. The highest BCUT2D eigenvalue weighted by Crippen LogP contribution is 2.30. The number of fused-ring (bicyclic) bond motifs is 1. The van der Waals surface area contributed by atoms with Crippen LogP contribution in [-0.4, -0.2) is 21.5 Å². The molecule has 1 atom stereocenters. The second-order valence-corrected chi connectivity index (χ2v) is 7.70. The van der Waals surface area contributed by atoms with Crippen LogP contribution in [0.15, 0.2) is 46.8 Å². The number of thiophene rings is 1. The molecule has 0 aliphatic carbocycles. The Bertz CT molecular complexity index is 962. The number of hydrogen-bond acceptors (Lipinski definition) is 4. The summed E-state index contributed by atoms with van der Waals surface area (Å²) in [6, 6.07) is 9.90. The van der Waals surface area contributed by atoms with E-state index in [0.29, 0.717) is 10.2 Å². The Morgan fingerprint density at radius 3 is 2.78 bits per heavy atom. The van der Waals surface area contributed by atoms with Gasteiger partial charge in [0.1, 0.15) is 11.4 Å². The largest absolute Gasteiger partial charge is 0.352 e. The van der Waals surface area contributed by atoms with Crippen LogP contribution in [0.1, 0.15) is 39.5 Å². The van der Waals surface area contributed by atoms with E-state index in [1.165, 1.54) is 28.7 Å². The van der Waals surface area contributed by atoms with E-state index in [1.807, 2.05) is 42.6 Å². The van der Waals surface area contributed by atoms with Crippen molar-refractivity contribution in [1.29, 1.82) is 0 Å². The summed E-state index contributed by atoms with van der Waals surface area (Å²) in [4.78, 5) is 30.4. The van der Waals surface area contributed by atoms with Gasteiger partial charge in [0.2, 0.25) is 5.91 Å². The van der Waals surface area contributed by atoms with Crippen molar-refractivity contribution in [3.63, 3.8) is 0 Å². The Labute approximate surface area is 163 Å². The van der Waals surface area contributed by atoms with Crippen LogP contribution in [0.3, 0.4) is 0 Å². The number of rotatable bonds is 8. The number of aromatic nitrogens is 2. The lowest BCUT2D eigenvalue weighted by molar-refractivity contribution is -0.122. The highest BCUT2D eigenvalue weighted by Gasteiger charge is 2.15. The summed E-state index contributed by atoms with van der Waals surface area (Å²) >= 11 is 1.45. The van der Waals surface area contributed by atoms with Gasteiger partial charge in [-0.05, 0) is 18.9 Å². The van der Waals surface area contributed by atoms with Crippen molar-refractivity contribution < 1.29 is 4.79 Å². The molecule has 2 aromatic heterocycles. The van der Waals surface area contributed by atoms with Crippen LogP contribution >= 0.6 is 11.3 Å². The molecule has 0 aliphatic rings. The first-order valence-electron chi connectivity index (χ1n) is 9.41. The van der Waals surface area contributed by atoms with Crippen molar-refractivity contribution in [2.45, 2.75) is 52.1 Å². The predicted molar refractivity (Wildman–Crippen MR) is 111 cm³/mol. The van der Waals surface area contributed by atoms with Gasteiger partial charge in [0.05, 0.1) is 11.7 Å². The number of carbonyl (C=O) groups excluding carboxylic acids is 1. The molecule has 0 fully saturated rings. The van der Waals surface area contributed by atoms with Crippen LogP contribution in [0.4, 0.5) is 0 Å². The molecule has 142 valence electrons. The third-order valence-corrected chi connectivity index (χ3v) is 5.49. The number of benzene rings is 1. The van der Waals surface area contributed by atoms with Crippen molar-refractivity contribution in [3.05, 3.63) is 52.4 Å². The zero-order valence-electron chi connectivity index (χ0n) is 15.8. The molecule has 0 spiro atoms. The standard InChI is InChI=1S/C21H25N3O2S/c1-3-4-6-9-15(2)23-18(25)12-24-14-22-20-19(21(24)26)17(13-27-20)16-10-7-5-8-11-16/h5,7-8,10-11,13-15H,3-4,6,9,12H2,1-2H3,(H,23,25)/t15-/m1/s1. The summed E-state index contributed by atoms with van der Waals surface area (Å²) < 4.78 is 1.40. The van der Waals surface area contributed by atoms with Gasteiger partial charge in [-0.15, -0.1) is 11.3 Å². The molecule has 5 nitrogen and oxygen atoms in total. The molecule has 2 heterocycles. The second kappa shape index (κ2) is 8.95. The quantitative estimate of drug-likeness (QED) is 0.593. The van der Waals surface area contributed by atoms with Crippen molar-refractivity contribution in [2.24, 2.45) is 0 Å². The molecule has 27 heavy (non-hydrogen) atoms. The molecule has 1 aromatic carbocycles. The van der Waals surface area contributed by atoms with Crippen LogP contribution in [-0.2, 0) is 11.3 Å². The van der Waals surface area contributed by atoms with E-state index >= 15 is 0 Å². The number of nitrogens with zero attached hydrogens (tertiary/aromatic N) is 2. The number of carbonyl (C=O) groups is 1. The smallest absolute Gasteiger partial charge is 0.263 e. The molecule has 1 amide bonds. The van der Waals surface area contributed by atoms with Gasteiger partial charge in [0, 0.05) is 17.0 Å². The molecular formula is C21H25N3O2S. The molecule has 3 rings (SSSR count). The molecule has 0 saturated heterocycles. The highest BCUT2D eigenvalue weighted by molar-refractivity contribution is 7.17. The molecule has 6 heteroatoms. The summed E-state index contributed by atoms with van der Waals surface area (Å²) in [5.41, 5.74) is 1.68. The monoisotopic (exact) mass is 383 g/mol. The summed E-state index contributed by atoms with van der Waals surface area (Å²) in [5.74, 6) is -0.154. The van der Waals surface area contributed by atoms with Crippen molar-refractivity contribution in [3.8, 4) is 11.1 Å². The van der Waals surface area contributed by atoms with E-state index in [4.69, 9.17) is 0 Å². The molecule has 3 aromatic rings. The number of unbranched alkanes of at least 4 members (excludes halogenated alkanes) is 2. The number of nitrogens with one attached hydrogen (secondary N) is 1. The first-order chi connectivity index (χ1) is 13.1. The van der Waals surface area contributed by atoms with E-state index < -0.39 is 0 Å². The maximum atomic E-state index is 13.0. The molecule has 1 N–H and O–H groups in total. The van der Waals surface area contributed by atoms with E-state index in [9.17, 15) is 9.59 Å². The maximum Gasteiger partial charge on any atom is 0.263 e. The fourth-order valence-electron chi connectivity index (χ4n) is 3.16. The number of amides is 1. The molecule has 0 radical (unpaired) electrons. The molecule has 0 bridgehead atoms. The Balaban J connectivity index is 1.79. The minimum atomic E-state index is -0.172. The minimum Gasteiger partial charge on any atom is -0.352 e. The Morgan fingerprint density at radius 1 is 1.26 bits per heavy atom. The van der Waals surface area contributed by atoms with Crippen LogP contribution in [0.25, 0.3) is 21.3 Å². The Kier molecular flexibility index (Phi) is 6.40. The summed E-state index contributed by atoms with van der Waals surface area (Å²) in [6.45, 7) is 4.15. The third kappa shape index (κ3) is 4.63. The van der Waals surface area contributed by atoms with Crippen LogP contribution in [0.2, 0.25) is 0 Å². The average Bonchev–Trinajstić information content (AvgIpc) is 3.10. The van der Waals surface area contributed by atoms with Gasteiger partial charge < -0.3 is 5.32 Å². The van der Waals surface area contributed by atoms with E-state index in [1.54, 1.807) is 0 Å². The molecule has 0 aliphatic heterocycles. The van der Waals surface area contributed by atoms with Gasteiger partial charge in [0.15, 0.2) is 0 Å². The predicted octanol–water partition coefficient (Wildman–Crippen LogP) is 4.21. The molecule has 0 saturated carbocycles. The van der Waals surface area contributed by atoms with Gasteiger partial charge in [-0.3, -0.25) is 14.2 Å². The van der Waals surface area contributed by atoms with Gasteiger partial charge in [-0.2, -0.15) is 0 Å². The van der Waals surface area contributed by atoms with Crippen molar-refractivity contribution in [2.75, 3.05) is 0 Å². The first kappa shape index (κ1) is 19.3. The first-order valence-corrected chi connectivity index (χ1v) is 10.3. The van der Waals surface area contributed by atoms with Gasteiger partial charge in [0.25, 0.3) is 5.56 Å². The van der Waals surface area contributed by atoms with Gasteiger partial charge >= 0.3 is 0 Å². The van der Waals surface area contributed by atoms with Crippen molar-refractivity contribution in [1.82, 2.24) is 14.9 Å². The summed E-state index contributed by atoms with van der Waals surface area (Å²) in [7, 11) is 0. The Morgan fingerprint density at radius 2 is 2.04 bits per heavy atom. The summed E-state index contributed by atoms with van der Waals surface area (Å²) in [6.07, 6.45) is 5.85. The van der Waals surface area contributed by atoms with Gasteiger partial charge in [-0.25, -0.2) is 4.98 Å². The Hall–Kier alpha value is -2.47. The van der Waals surface area contributed by atoms with Crippen LogP contribution in [0, 0.1) is 0 Å². The molecule has 0 unspecified atom stereocenters. The minimum absolute atomic E-state index is 0.00995. The van der Waals surface area contributed by atoms with Crippen LogP contribution < -0.4 is 10.9 Å². The molecular weight excluding hydrogens is 358 g/mol. The lowest BCUT2D eigenvalue weighted by Gasteiger charge is -2.14. The fraction of sp³-hybridized carbons (Fsp3) is 0.381. The van der Waals surface area contributed by atoms with E-state index in [2.05, 4.69) is 17.2 Å². The van der Waals surface area contributed by atoms with Gasteiger partial charge in [-0.1, -0.05) is 56.5 Å². The lowest BCUT2D eigenvalue weighted by atomic mass is 10.1. The van der Waals surface area contributed by atoms with E-state index in [-0.39, 0.29) is 24.1 Å². The topological polar surface area (TPSA) is 64.0 Å². The van der Waals surface area contributed by atoms with Crippen molar-refractivity contribution >= 4 is 27.5 Å². The highest BCUT2D eigenvalue weighted by atomic mass is 32.1. The zero-order chi connectivity index (χ0) is 19.2. The second-order valence-electron chi connectivity index (χ2n) is 6.84. The third-order valence-electron chi connectivity index (χ3n) is 4.61. The van der Waals surface area contributed by atoms with E-state index in [0.717, 1.165) is 30.4 Å². The lowest BCUT2D eigenvalue weighted by Crippen LogP contribution is -2.37.